The number of benzene rings is 1. The largest absolute Gasteiger partial charge is 0.478 e. The van der Waals surface area contributed by atoms with E-state index in [1.54, 1.807) is 12.1 Å². The van der Waals surface area contributed by atoms with Crippen LogP contribution in [0.5, 0.6) is 0 Å². The summed E-state index contributed by atoms with van der Waals surface area (Å²) in [7, 11) is 0. The normalized spacial score (nSPS) is 10.2. The first-order chi connectivity index (χ1) is 7.04. The van der Waals surface area contributed by atoms with Gasteiger partial charge < -0.3 is 5.11 Å². The molecule has 0 atom stereocenters. The Kier molecular flexibility index (Phi) is 4.06. The molecule has 0 aliphatic carbocycles. The van der Waals surface area contributed by atoms with E-state index in [9.17, 15) is 4.79 Å². The van der Waals surface area contributed by atoms with Gasteiger partial charge in [-0.05, 0) is 39.7 Å². The Labute approximate surface area is 103 Å². The Hall–Kier alpha value is -1.12. The topological polar surface area (TPSA) is 61.1 Å². The van der Waals surface area contributed by atoms with Gasteiger partial charge in [0.2, 0.25) is 0 Å². The number of halogens is 2. The first-order valence-corrected chi connectivity index (χ1v) is 5.43. The predicted molar refractivity (Wildman–Crippen MR) is 63.2 cm³/mol. The highest BCUT2D eigenvalue weighted by Gasteiger charge is 2.05. The minimum atomic E-state index is -1.05. The van der Waals surface area contributed by atoms with E-state index in [1.165, 1.54) is 6.08 Å². The van der Waals surface area contributed by atoms with Crippen molar-refractivity contribution in [1.29, 1.82) is 5.26 Å². The van der Waals surface area contributed by atoms with Gasteiger partial charge in [0.25, 0.3) is 0 Å². The Morgan fingerprint density at radius 1 is 1.47 bits per heavy atom. The average Bonchev–Trinajstić information content (AvgIpc) is 2.13. The zero-order valence-corrected chi connectivity index (χ0v) is 10.5. The summed E-state index contributed by atoms with van der Waals surface area (Å²) in [6.07, 6.45) is 2.38. The number of nitrogens with zero attached hydrogens (tertiary/aromatic N) is 1. The highest BCUT2D eigenvalue weighted by atomic mass is 79.9. The molecule has 0 fully saturated rings. The van der Waals surface area contributed by atoms with Crippen LogP contribution in [0.2, 0.25) is 0 Å². The van der Waals surface area contributed by atoms with Crippen LogP contribution in [0.3, 0.4) is 0 Å². The summed E-state index contributed by atoms with van der Waals surface area (Å²) in [6.45, 7) is 0. The van der Waals surface area contributed by atoms with Crippen molar-refractivity contribution in [2.24, 2.45) is 0 Å². The molecule has 1 aromatic carbocycles. The third-order valence-corrected chi connectivity index (χ3v) is 2.69. The minimum absolute atomic E-state index is 0.413. The Morgan fingerprint density at radius 2 is 2.13 bits per heavy atom. The summed E-state index contributed by atoms with van der Waals surface area (Å²) in [6, 6.07) is 5.42. The number of carboxylic acid groups (broad SMARTS) is 1. The molecule has 5 heteroatoms. The summed E-state index contributed by atoms with van der Waals surface area (Å²) in [5, 5.41) is 17.4. The Morgan fingerprint density at radius 3 is 2.67 bits per heavy atom. The van der Waals surface area contributed by atoms with Gasteiger partial charge in [0.15, 0.2) is 0 Å². The Bertz CT molecular complexity index is 475. The van der Waals surface area contributed by atoms with Crippen LogP contribution >= 0.6 is 31.9 Å². The third kappa shape index (κ3) is 3.18. The van der Waals surface area contributed by atoms with Gasteiger partial charge in [0, 0.05) is 15.0 Å². The summed E-state index contributed by atoms with van der Waals surface area (Å²) < 4.78 is 1.41. The molecule has 1 N–H and O–H groups in total. The highest BCUT2D eigenvalue weighted by molar-refractivity contribution is 9.11. The van der Waals surface area contributed by atoms with Crippen molar-refractivity contribution >= 4 is 43.9 Å². The van der Waals surface area contributed by atoms with Gasteiger partial charge in [-0.15, -0.1) is 0 Å². The molecular weight excluding hydrogens is 326 g/mol. The van der Waals surface area contributed by atoms with Crippen molar-refractivity contribution in [3.05, 3.63) is 38.3 Å². The highest BCUT2D eigenvalue weighted by Crippen LogP contribution is 2.26. The maximum atomic E-state index is 10.3. The number of carboxylic acids is 1. The molecule has 1 aromatic rings. The molecule has 0 aliphatic heterocycles. The molecule has 3 nitrogen and oxygen atoms in total. The van der Waals surface area contributed by atoms with E-state index >= 15 is 0 Å². The second kappa shape index (κ2) is 5.10. The van der Waals surface area contributed by atoms with Gasteiger partial charge in [-0.2, -0.15) is 5.26 Å². The molecule has 0 saturated carbocycles. The maximum absolute atomic E-state index is 10.3. The van der Waals surface area contributed by atoms with E-state index in [0.717, 1.165) is 10.5 Å². The van der Waals surface area contributed by atoms with Crippen LogP contribution in [0.15, 0.2) is 27.2 Å². The molecule has 0 aliphatic rings. The van der Waals surface area contributed by atoms with Crippen molar-refractivity contribution < 1.29 is 9.90 Å². The van der Waals surface area contributed by atoms with Crippen LogP contribution in [0.1, 0.15) is 11.1 Å². The van der Waals surface area contributed by atoms with Gasteiger partial charge in [0.1, 0.15) is 6.07 Å². The quantitative estimate of drug-likeness (QED) is 0.847. The van der Waals surface area contributed by atoms with E-state index in [-0.39, 0.29) is 0 Å². The zero-order valence-electron chi connectivity index (χ0n) is 7.37. The van der Waals surface area contributed by atoms with Crippen molar-refractivity contribution in [3.63, 3.8) is 0 Å². The van der Waals surface area contributed by atoms with Crippen LogP contribution < -0.4 is 0 Å². The standard InChI is InChI=1S/C10H5Br2NO2/c11-7-3-6(1-2-10(14)15)8(5-13)9(12)4-7/h1-4H,(H,14,15)/b2-1+. The average molecular weight is 331 g/mol. The molecule has 1 rings (SSSR count). The lowest BCUT2D eigenvalue weighted by Gasteiger charge is -2.01. The van der Waals surface area contributed by atoms with E-state index < -0.39 is 5.97 Å². The van der Waals surface area contributed by atoms with Crippen LogP contribution in [-0.2, 0) is 4.79 Å². The monoisotopic (exact) mass is 329 g/mol. The van der Waals surface area contributed by atoms with Crippen molar-refractivity contribution in [1.82, 2.24) is 0 Å². The number of rotatable bonds is 2. The number of hydrogen-bond acceptors (Lipinski definition) is 2. The molecule has 0 heterocycles. The number of nitriles is 1. The van der Waals surface area contributed by atoms with E-state index in [1.807, 2.05) is 6.07 Å². The molecule has 0 radical (unpaired) electrons. The summed E-state index contributed by atoms with van der Waals surface area (Å²) in [5.41, 5.74) is 0.969. The zero-order chi connectivity index (χ0) is 11.4. The van der Waals surface area contributed by atoms with Crippen LogP contribution in [0, 0.1) is 11.3 Å². The molecule has 0 aromatic heterocycles. The smallest absolute Gasteiger partial charge is 0.328 e. The molecular formula is C10H5Br2NO2. The lowest BCUT2D eigenvalue weighted by molar-refractivity contribution is -0.131. The minimum Gasteiger partial charge on any atom is -0.478 e. The molecule has 0 amide bonds. The van der Waals surface area contributed by atoms with Crippen LogP contribution in [0.25, 0.3) is 6.08 Å². The van der Waals surface area contributed by atoms with Crippen molar-refractivity contribution in [2.75, 3.05) is 0 Å². The molecule has 0 spiro atoms. The van der Waals surface area contributed by atoms with Gasteiger partial charge in [0.05, 0.1) is 5.56 Å². The molecule has 0 saturated heterocycles. The second-order valence-corrected chi connectivity index (χ2v) is 4.41. The number of aliphatic carboxylic acids is 1. The van der Waals surface area contributed by atoms with Gasteiger partial charge in [-0.1, -0.05) is 15.9 Å². The van der Waals surface area contributed by atoms with Gasteiger partial charge >= 0.3 is 5.97 Å². The van der Waals surface area contributed by atoms with Gasteiger partial charge in [-0.3, -0.25) is 0 Å². The molecule has 0 bridgehead atoms. The maximum Gasteiger partial charge on any atom is 0.328 e. The fraction of sp³-hybridized carbons (Fsp3) is 0. The Balaban J connectivity index is 3.28. The van der Waals surface area contributed by atoms with Crippen molar-refractivity contribution in [2.45, 2.75) is 0 Å². The first kappa shape index (κ1) is 12.0. The number of carbonyl (C=O) groups is 1. The fourth-order valence-corrected chi connectivity index (χ4v) is 2.35. The molecule has 15 heavy (non-hydrogen) atoms. The number of hydrogen-bond donors (Lipinski definition) is 1. The lowest BCUT2D eigenvalue weighted by Crippen LogP contribution is -1.89. The van der Waals surface area contributed by atoms with E-state index in [4.69, 9.17) is 10.4 Å². The van der Waals surface area contributed by atoms with E-state index in [2.05, 4.69) is 31.9 Å². The van der Waals surface area contributed by atoms with E-state index in [0.29, 0.717) is 15.6 Å². The fourth-order valence-electron chi connectivity index (χ4n) is 1.00. The summed E-state index contributed by atoms with van der Waals surface area (Å²) in [4.78, 5) is 10.3. The third-order valence-electron chi connectivity index (χ3n) is 1.60. The van der Waals surface area contributed by atoms with Crippen molar-refractivity contribution in [3.8, 4) is 6.07 Å². The SMILES string of the molecule is N#Cc1c(Br)cc(Br)cc1/C=C/C(=O)O. The molecule has 0 unspecified atom stereocenters. The summed E-state index contributed by atoms with van der Waals surface area (Å²) in [5.74, 6) is -1.05. The summed E-state index contributed by atoms with van der Waals surface area (Å²) >= 11 is 6.49. The second-order valence-electron chi connectivity index (χ2n) is 2.64. The predicted octanol–water partition coefficient (Wildman–Crippen LogP) is 3.18. The van der Waals surface area contributed by atoms with Crippen LogP contribution in [0.4, 0.5) is 0 Å². The molecule has 76 valence electrons. The first-order valence-electron chi connectivity index (χ1n) is 3.84. The lowest BCUT2D eigenvalue weighted by atomic mass is 10.1. The van der Waals surface area contributed by atoms with Crippen LogP contribution in [-0.4, -0.2) is 11.1 Å². The van der Waals surface area contributed by atoms with Gasteiger partial charge in [-0.25, -0.2) is 4.79 Å².